The molecule has 1 aromatic carbocycles. The number of aromatic nitrogens is 4. The summed E-state index contributed by atoms with van der Waals surface area (Å²) in [4.78, 5) is 20.3. The van der Waals surface area contributed by atoms with Gasteiger partial charge in [0, 0.05) is 24.7 Å². The predicted octanol–water partition coefficient (Wildman–Crippen LogP) is 2.54. The zero-order valence-corrected chi connectivity index (χ0v) is 13.3. The van der Waals surface area contributed by atoms with Crippen LogP contribution >= 0.6 is 0 Å². The number of carbonyl (C=O) groups is 1. The second kappa shape index (κ2) is 7.36. The highest BCUT2D eigenvalue weighted by atomic mass is 16.2. The van der Waals surface area contributed by atoms with Crippen molar-refractivity contribution < 1.29 is 4.79 Å². The van der Waals surface area contributed by atoms with Gasteiger partial charge >= 0.3 is 6.03 Å². The quantitative estimate of drug-likeness (QED) is 0.672. The molecule has 0 bridgehead atoms. The molecule has 2 heterocycles. The van der Waals surface area contributed by atoms with Crippen LogP contribution in [0.4, 0.5) is 10.5 Å². The Hall–Kier alpha value is -3.22. The lowest BCUT2D eigenvalue weighted by molar-refractivity contribution is 0.252. The Morgan fingerprint density at radius 2 is 2.04 bits per heavy atom. The third kappa shape index (κ3) is 4.16. The molecule has 7 heteroatoms. The zero-order chi connectivity index (χ0) is 16.8. The molecule has 0 fully saturated rings. The fraction of sp³-hybridized carbons (Fsp3) is 0.176. The summed E-state index contributed by atoms with van der Waals surface area (Å²) < 4.78 is 0. The van der Waals surface area contributed by atoms with Crippen molar-refractivity contribution in [3.05, 3.63) is 60.2 Å². The van der Waals surface area contributed by atoms with Crippen LogP contribution in [0.1, 0.15) is 11.4 Å². The van der Waals surface area contributed by atoms with Gasteiger partial charge in [0.05, 0.1) is 11.9 Å². The Kier molecular flexibility index (Phi) is 4.81. The molecule has 0 spiro atoms. The fourth-order valence-electron chi connectivity index (χ4n) is 2.22. The number of anilines is 1. The van der Waals surface area contributed by atoms with Crippen LogP contribution in [0.15, 0.2) is 48.8 Å². The molecule has 7 nitrogen and oxygen atoms in total. The number of carbonyl (C=O) groups excluding carboxylic acids is 1. The van der Waals surface area contributed by atoms with Crippen LogP contribution in [-0.4, -0.2) is 32.7 Å². The van der Waals surface area contributed by atoms with E-state index in [2.05, 4.69) is 30.8 Å². The average Bonchev–Trinajstić information content (AvgIpc) is 3.04. The molecule has 0 saturated heterocycles. The molecule has 0 aliphatic rings. The van der Waals surface area contributed by atoms with Gasteiger partial charge in [0.2, 0.25) is 0 Å². The van der Waals surface area contributed by atoms with E-state index < -0.39 is 0 Å². The monoisotopic (exact) mass is 322 g/mol. The van der Waals surface area contributed by atoms with Gasteiger partial charge in [0.15, 0.2) is 5.82 Å². The topological polar surface area (TPSA) is 95.6 Å². The molecule has 122 valence electrons. The number of nitrogens with one attached hydrogen (secondary N) is 3. The van der Waals surface area contributed by atoms with E-state index in [1.165, 1.54) is 0 Å². The number of nitrogens with zero attached hydrogens (tertiary/aromatic N) is 3. The number of aryl methyl sites for hydroxylation is 1. The molecule has 3 N–H and O–H groups in total. The molecule has 0 atom stereocenters. The third-order valence-corrected chi connectivity index (χ3v) is 3.34. The van der Waals surface area contributed by atoms with Gasteiger partial charge in [-0.25, -0.2) is 9.78 Å². The van der Waals surface area contributed by atoms with Crippen LogP contribution in [0.2, 0.25) is 0 Å². The molecule has 0 aliphatic carbocycles. The fourth-order valence-corrected chi connectivity index (χ4v) is 2.22. The predicted molar refractivity (Wildman–Crippen MR) is 91.5 cm³/mol. The average molecular weight is 322 g/mol. The summed E-state index contributed by atoms with van der Waals surface area (Å²) in [5.41, 5.74) is 2.61. The minimum atomic E-state index is -0.273. The van der Waals surface area contributed by atoms with E-state index in [4.69, 9.17) is 0 Å². The molecule has 0 unspecified atom stereocenters. The Morgan fingerprint density at radius 3 is 2.83 bits per heavy atom. The first-order chi connectivity index (χ1) is 11.7. The van der Waals surface area contributed by atoms with Crippen molar-refractivity contribution in [2.24, 2.45) is 0 Å². The van der Waals surface area contributed by atoms with Crippen LogP contribution < -0.4 is 10.6 Å². The molecule has 24 heavy (non-hydrogen) atoms. The second-order valence-electron chi connectivity index (χ2n) is 5.35. The molecule has 3 rings (SSSR count). The normalized spacial score (nSPS) is 10.4. The number of rotatable bonds is 5. The second-order valence-corrected chi connectivity index (χ2v) is 5.35. The lowest BCUT2D eigenvalue weighted by Gasteiger charge is -2.06. The number of hydrogen-bond acceptors (Lipinski definition) is 4. The minimum absolute atomic E-state index is 0.273. The SMILES string of the molecule is Cc1cncc(NC(=O)NCCc2nc(-c3ccccc3)n[nH]2)c1. The highest BCUT2D eigenvalue weighted by Crippen LogP contribution is 2.13. The Labute approximate surface area is 139 Å². The summed E-state index contributed by atoms with van der Waals surface area (Å²) >= 11 is 0. The summed E-state index contributed by atoms with van der Waals surface area (Å²) in [6, 6.07) is 11.3. The highest BCUT2D eigenvalue weighted by Gasteiger charge is 2.06. The maximum Gasteiger partial charge on any atom is 0.319 e. The minimum Gasteiger partial charge on any atom is -0.337 e. The molecule has 0 aliphatic heterocycles. The van der Waals surface area contributed by atoms with Crippen LogP contribution in [-0.2, 0) is 6.42 Å². The number of urea groups is 1. The van der Waals surface area contributed by atoms with E-state index >= 15 is 0 Å². The molecular weight excluding hydrogens is 304 g/mol. The van der Waals surface area contributed by atoms with Gasteiger partial charge in [-0.15, -0.1) is 0 Å². The van der Waals surface area contributed by atoms with Gasteiger partial charge in [0.25, 0.3) is 0 Å². The first kappa shape index (κ1) is 15.7. The first-order valence-corrected chi connectivity index (χ1v) is 7.64. The lowest BCUT2D eigenvalue weighted by Crippen LogP contribution is -2.30. The molecule has 0 radical (unpaired) electrons. The highest BCUT2D eigenvalue weighted by molar-refractivity contribution is 5.89. The Balaban J connectivity index is 1.48. The summed E-state index contributed by atoms with van der Waals surface area (Å²) in [7, 11) is 0. The maximum atomic E-state index is 11.8. The number of H-pyrrole nitrogens is 1. The molecule has 0 saturated carbocycles. The Bertz CT molecular complexity index is 815. The van der Waals surface area contributed by atoms with Crippen molar-refractivity contribution >= 4 is 11.7 Å². The van der Waals surface area contributed by atoms with E-state index in [0.717, 1.165) is 17.0 Å². The summed E-state index contributed by atoms with van der Waals surface area (Å²) in [5.74, 6) is 1.38. The standard InChI is InChI=1S/C17H18N6O/c1-12-9-14(11-18-10-12)20-17(24)19-8-7-15-21-16(23-22-15)13-5-3-2-4-6-13/h2-6,9-11H,7-8H2,1H3,(H2,19,20,24)(H,21,22,23). The van der Waals surface area contributed by atoms with Gasteiger partial charge in [-0.2, -0.15) is 5.10 Å². The molecular formula is C17H18N6O. The van der Waals surface area contributed by atoms with Crippen LogP contribution in [0.3, 0.4) is 0 Å². The van der Waals surface area contributed by atoms with Crippen molar-refractivity contribution in [2.45, 2.75) is 13.3 Å². The van der Waals surface area contributed by atoms with Gasteiger partial charge < -0.3 is 10.6 Å². The number of amides is 2. The molecule has 2 amide bonds. The van der Waals surface area contributed by atoms with Crippen molar-refractivity contribution in [3.8, 4) is 11.4 Å². The summed E-state index contributed by atoms with van der Waals surface area (Å²) in [5, 5.41) is 12.6. The van der Waals surface area contributed by atoms with E-state index in [9.17, 15) is 4.79 Å². The Morgan fingerprint density at radius 1 is 1.21 bits per heavy atom. The number of benzene rings is 1. The van der Waals surface area contributed by atoms with Crippen molar-refractivity contribution in [2.75, 3.05) is 11.9 Å². The maximum absolute atomic E-state index is 11.8. The van der Waals surface area contributed by atoms with E-state index in [-0.39, 0.29) is 6.03 Å². The van der Waals surface area contributed by atoms with E-state index in [1.54, 1.807) is 12.4 Å². The third-order valence-electron chi connectivity index (χ3n) is 3.34. The van der Waals surface area contributed by atoms with Crippen molar-refractivity contribution in [1.29, 1.82) is 0 Å². The smallest absolute Gasteiger partial charge is 0.319 e. The summed E-state index contributed by atoms with van der Waals surface area (Å²) in [6.45, 7) is 2.37. The van der Waals surface area contributed by atoms with Crippen molar-refractivity contribution in [3.63, 3.8) is 0 Å². The zero-order valence-electron chi connectivity index (χ0n) is 13.3. The largest absolute Gasteiger partial charge is 0.337 e. The van der Waals surface area contributed by atoms with Gasteiger partial charge in [0.1, 0.15) is 5.82 Å². The van der Waals surface area contributed by atoms with Crippen LogP contribution in [0.5, 0.6) is 0 Å². The molecule has 2 aromatic heterocycles. The van der Waals surface area contributed by atoms with E-state index in [1.807, 2.05) is 43.3 Å². The number of hydrogen-bond donors (Lipinski definition) is 3. The number of aromatic amines is 1. The van der Waals surface area contributed by atoms with Gasteiger partial charge in [-0.1, -0.05) is 30.3 Å². The van der Waals surface area contributed by atoms with Crippen molar-refractivity contribution in [1.82, 2.24) is 25.5 Å². The first-order valence-electron chi connectivity index (χ1n) is 7.64. The van der Waals surface area contributed by atoms with Gasteiger partial charge in [-0.05, 0) is 18.6 Å². The lowest BCUT2D eigenvalue weighted by atomic mass is 10.2. The molecule has 3 aromatic rings. The van der Waals surface area contributed by atoms with E-state index in [0.29, 0.717) is 24.5 Å². The summed E-state index contributed by atoms with van der Waals surface area (Å²) in [6.07, 6.45) is 3.91. The van der Waals surface area contributed by atoms with Gasteiger partial charge in [-0.3, -0.25) is 10.1 Å². The number of pyridine rings is 1. The van der Waals surface area contributed by atoms with Crippen LogP contribution in [0.25, 0.3) is 11.4 Å². The van der Waals surface area contributed by atoms with Crippen LogP contribution in [0, 0.1) is 6.92 Å².